The minimum Gasteiger partial charge on any atom is -0.480 e. The lowest BCUT2D eigenvalue weighted by molar-refractivity contribution is -0.154. The molecule has 0 radical (unpaired) electrons. The number of carboxylic acid groups (broad SMARTS) is 1. The monoisotopic (exact) mass is 297 g/mol. The maximum absolute atomic E-state index is 11.9. The van der Waals surface area contributed by atoms with E-state index in [0.29, 0.717) is 5.92 Å². The molecule has 0 aliphatic heterocycles. The van der Waals surface area contributed by atoms with Crippen LogP contribution in [0.1, 0.15) is 67.2 Å². The molecule has 21 heavy (non-hydrogen) atoms. The standard InChI is InChI=1S/C17H31NO3/c1-11(2)18(12(3)19)15(16(20)21)13-7-9-14(10-8-13)17(4,5)6/h11,13-15H,7-10H2,1-6H3,(H,20,21). The van der Waals surface area contributed by atoms with Gasteiger partial charge in [-0.15, -0.1) is 0 Å². The summed E-state index contributed by atoms with van der Waals surface area (Å²) >= 11 is 0. The van der Waals surface area contributed by atoms with E-state index in [1.54, 1.807) is 4.90 Å². The van der Waals surface area contributed by atoms with E-state index in [-0.39, 0.29) is 23.3 Å². The van der Waals surface area contributed by atoms with Gasteiger partial charge in [-0.05, 0) is 56.8 Å². The van der Waals surface area contributed by atoms with Crippen molar-refractivity contribution in [1.82, 2.24) is 4.90 Å². The molecule has 1 unspecified atom stereocenters. The van der Waals surface area contributed by atoms with E-state index in [9.17, 15) is 14.7 Å². The molecule has 1 rings (SSSR count). The Balaban J connectivity index is 2.85. The van der Waals surface area contributed by atoms with Gasteiger partial charge >= 0.3 is 5.97 Å². The maximum atomic E-state index is 11.9. The normalized spacial score (nSPS) is 24.7. The molecule has 0 heterocycles. The summed E-state index contributed by atoms with van der Waals surface area (Å²) in [5.41, 5.74) is 0.280. The number of hydrogen-bond donors (Lipinski definition) is 1. The van der Waals surface area contributed by atoms with Crippen molar-refractivity contribution in [3.05, 3.63) is 0 Å². The van der Waals surface area contributed by atoms with Gasteiger partial charge in [0.05, 0.1) is 0 Å². The molecule has 0 saturated heterocycles. The van der Waals surface area contributed by atoms with Crippen LogP contribution in [0.25, 0.3) is 0 Å². The highest BCUT2D eigenvalue weighted by atomic mass is 16.4. The van der Waals surface area contributed by atoms with Crippen molar-refractivity contribution in [2.75, 3.05) is 0 Å². The van der Waals surface area contributed by atoms with Crippen molar-refractivity contribution in [2.45, 2.75) is 79.3 Å². The van der Waals surface area contributed by atoms with Gasteiger partial charge in [0.2, 0.25) is 5.91 Å². The fourth-order valence-corrected chi connectivity index (χ4v) is 3.73. The maximum Gasteiger partial charge on any atom is 0.326 e. The lowest BCUT2D eigenvalue weighted by Crippen LogP contribution is -2.52. The first-order chi connectivity index (χ1) is 9.55. The van der Waals surface area contributed by atoms with Gasteiger partial charge in [0.15, 0.2) is 0 Å². The zero-order chi connectivity index (χ0) is 16.4. The van der Waals surface area contributed by atoms with E-state index in [2.05, 4.69) is 20.8 Å². The second-order valence-corrected chi connectivity index (χ2v) is 7.78. The molecule has 4 nitrogen and oxygen atoms in total. The molecule has 0 aromatic carbocycles. The molecule has 1 fully saturated rings. The van der Waals surface area contributed by atoms with Crippen molar-refractivity contribution in [3.63, 3.8) is 0 Å². The Hall–Kier alpha value is -1.06. The third kappa shape index (κ3) is 4.45. The summed E-state index contributed by atoms with van der Waals surface area (Å²) in [6, 6.07) is -0.757. The van der Waals surface area contributed by atoms with Crippen molar-refractivity contribution in [2.24, 2.45) is 17.3 Å². The van der Waals surface area contributed by atoms with E-state index in [1.807, 2.05) is 13.8 Å². The van der Waals surface area contributed by atoms with Gasteiger partial charge in [-0.25, -0.2) is 4.79 Å². The molecule has 1 aliphatic rings. The highest BCUT2D eigenvalue weighted by Crippen LogP contribution is 2.41. The van der Waals surface area contributed by atoms with Crippen LogP contribution in [0.2, 0.25) is 0 Å². The van der Waals surface area contributed by atoms with Crippen LogP contribution in [0.4, 0.5) is 0 Å². The summed E-state index contributed by atoms with van der Waals surface area (Å²) in [5.74, 6) is -0.283. The Morgan fingerprint density at radius 2 is 1.57 bits per heavy atom. The van der Waals surface area contributed by atoms with E-state index in [4.69, 9.17) is 0 Å². The zero-order valence-corrected chi connectivity index (χ0v) is 14.3. The number of carbonyl (C=O) groups excluding carboxylic acids is 1. The first-order valence-corrected chi connectivity index (χ1v) is 8.07. The smallest absolute Gasteiger partial charge is 0.326 e. The molecule has 0 aromatic rings. The Bertz CT molecular complexity index is 376. The van der Waals surface area contributed by atoms with E-state index in [0.717, 1.165) is 25.7 Å². The quantitative estimate of drug-likeness (QED) is 0.863. The lowest BCUT2D eigenvalue weighted by atomic mass is 9.68. The van der Waals surface area contributed by atoms with Gasteiger partial charge in [0.1, 0.15) is 6.04 Å². The molecule has 1 amide bonds. The van der Waals surface area contributed by atoms with Crippen molar-refractivity contribution >= 4 is 11.9 Å². The second kappa shape index (κ2) is 6.80. The van der Waals surface area contributed by atoms with Crippen molar-refractivity contribution in [3.8, 4) is 0 Å². The van der Waals surface area contributed by atoms with E-state index in [1.165, 1.54) is 6.92 Å². The predicted octanol–water partition coefficient (Wildman–Crippen LogP) is 3.55. The molecule has 4 heteroatoms. The van der Waals surface area contributed by atoms with Crippen LogP contribution in [0.3, 0.4) is 0 Å². The minimum atomic E-state index is -0.863. The SMILES string of the molecule is CC(=O)N(C(C)C)C(C(=O)O)C1CCC(C(C)(C)C)CC1. The van der Waals surface area contributed by atoms with E-state index >= 15 is 0 Å². The first-order valence-electron chi connectivity index (χ1n) is 8.07. The van der Waals surface area contributed by atoms with E-state index < -0.39 is 12.0 Å². The average molecular weight is 297 g/mol. The first kappa shape index (κ1) is 18.0. The summed E-state index contributed by atoms with van der Waals surface area (Å²) in [4.78, 5) is 25.1. The lowest BCUT2D eigenvalue weighted by Gasteiger charge is -2.42. The molecular formula is C17H31NO3. The summed E-state index contributed by atoms with van der Waals surface area (Å²) in [7, 11) is 0. The number of amides is 1. The number of carbonyl (C=O) groups is 2. The van der Waals surface area contributed by atoms with Gasteiger partial charge in [0.25, 0.3) is 0 Å². The average Bonchev–Trinajstić information content (AvgIpc) is 2.33. The van der Waals surface area contributed by atoms with Gasteiger partial charge in [-0.1, -0.05) is 20.8 Å². The van der Waals surface area contributed by atoms with Gasteiger partial charge < -0.3 is 10.0 Å². The molecule has 122 valence electrons. The summed E-state index contributed by atoms with van der Waals surface area (Å²) in [6.45, 7) is 12.0. The van der Waals surface area contributed by atoms with Crippen LogP contribution in [0.5, 0.6) is 0 Å². The van der Waals surface area contributed by atoms with Gasteiger partial charge in [-0.3, -0.25) is 4.79 Å². The number of carboxylic acids is 1. The third-order valence-electron chi connectivity index (χ3n) is 4.92. The van der Waals surface area contributed by atoms with Crippen LogP contribution in [-0.2, 0) is 9.59 Å². The Morgan fingerprint density at radius 1 is 1.10 bits per heavy atom. The van der Waals surface area contributed by atoms with Gasteiger partial charge in [0, 0.05) is 13.0 Å². The fraction of sp³-hybridized carbons (Fsp3) is 0.882. The van der Waals surface area contributed by atoms with Crippen LogP contribution >= 0.6 is 0 Å². The molecule has 0 bridgehead atoms. The van der Waals surface area contributed by atoms with Crippen molar-refractivity contribution in [1.29, 1.82) is 0 Å². The summed E-state index contributed by atoms with van der Waals surface area (Å²) < 4.78 is 0. The highest BCUT2D eigenvalue weighted by molar-refractivity contribution is 5.82. The Kier molecular flexibility index (Phi) is 5.83. The third-order valence-corrected chi connectivity index (χ3v) is 4.92. The number of rotatable bonds is 4. The summed E-state index contributed by atoms with van der Waals surface area (Å²) in [6.07, 6.45) is 3.91. The Labute approximate surface area is 128 Å². The number of aliphatic carboxylic acids is 1. The Morgan fingerprint density at radius 3 is 1.86 bits per heavy atom. The molecule has 1 aliphatic carbocycles. The highest BCUT2D eigenvalue weighted by Gasteiger charge is 2.40. The van der Waals surface area contributed by atoms with Crippen LogP contribution in [0, 0.1) is 17.3 Å². The zero-order valence-electron chi connectivity index (χ0n) is 14.3. The van der Waals surface area contributed by atoms with Crippen LogP contribution < -0.4 is 0 Å². The predicted molar refractivity (Wildman–Crippen MR) is 84.0 cm³/mol. The molecular weight excluding hydrogens is 266 g/mol. The summed E-state index contributed by atoms with van der Waals surface area (Å²) in [5, 5.41) is 9.63. The minimum absolute atomic E-state index is 0.0763. The molecule has 0 spiro atoms. The molecule has 0 aromatic heterocycles. The molecule has 1 N–H and O–H groups in total. The largest absolute Gasteiger partial charge is 0.480 e. The molecule has 1 saturated carbocycles. The van der Waals surface area contributed by atoms with Crippen LogP contribution in [0.15, 0.2) is 0 Å². The number of hydrogen-bond acceptors (Lipinski definition) is 2. The number of nitrogens with zero attached hydrogens (tertiary/aromatic N) is 1. The topological polar surface area (TPSA) is 57.6 Å². The van der Waals surface area contributed by atoms with Gasteiger partial charge in [-0.2, -0.15) is 0 Å². The van der Waals surface area contributed by atoms with Crippen LogP contribution in [-0.4, -0.2) is 34.0 Å². The molecule has 1 atom stereocenters. The second-order valence-electron chi connectivity index (χ2n) is 7.78. The van der Waals surface area contributed by atoms with Crippen molar-refractivity contribution < 1.29 is 14.7 Å². The fourth-order valence-electron chi connectivity index (χ4n) is 3.73.